The molecule has 0 atom stereocenters. The molecule has 0 amide bonds. The van der Waals surface area contributed by atoms with Crippen molar-refractivity contribution in [3.63, 3.8) is 0 Å². The molecule has 0 saturated heterocycles. The molecule has 4 rings (SSSR count). The first-order valence-corrected chi connectivity index (χ1v) is 8.59. The number of pyridine rings is 2. The molecule has 0 aliphatic carbocycles. The number of rotatable bonds is 5. The highest BCUT2D eigenvalue weighted by Gasteiger charge is 2.27. The molecule has 4 aromatic heterocycles. The molecule has 0 spiro atoms. The lowest BCUT2D eigenvalue weighted by Crippen LogP contribution is -2.41. The van der Waals surface area contributed by atoms with E-state index in [9.17, 15) is 19.7 Å². The largest absolute Gasteiger partial charge is 0.437 e. The number of nitrogens with zero attached hydrogens (tertiary/aromatic N) is 7. The van der Waals surface area contributed by atoms with Crippen molar-refractivity contribution in [2.24, 2.45) is 7.05 Å². The van der Waals surface area contributed by atoms with E-state index in [1.807, 2.05) is 0 Å². The number of imidazole rings is 1. The van der Waals surface area contributed by atoms with Crippen LogP contribution in [0, 0.1) is 10.1 Å². The molecule has 0 N–H and O–H groups in total. The lowest BCUT2D eigenvalue weighted by Gasteiger charge is -2.10. The Bertz CT molecular complexity index is 1320. The third-order valence-corrected chi connectivity index (χ3v) is 4.51. The maximum atomic E-state index is 13.2. The Balaban J connectivity index is 2.00. The molecular formula is C18H15N7O4. The van der Waals surface area contributed by atoms with E-state index in [2.05, 4.69) is 15.0 Å². The van der Waals surface area contributed by atoms with Gasteiger partial charge in [-0.3, -0.25) is 23.9 Å². The quantitative estimate of drug-likeness (QED) is 0.360. The molecule has 0 bridgehead atoms. The van der Waals surface area contributed by atoms with Crippen molar-refractivity contribution in [3.05, 3.63) is 91.1 Å². The van der Waals surface area contributed by atoms with Gasteiger partial charge in [0, 0.05) is 24.8 Å². The Morgan fingerprint density at radius 2 is 1.59 bits per heavy atom. The Labute approximate surface area is 162 Å². The third kappa shape index (κ3) is 3.18. The molecule has 11 heteroatoms. The van der Waals surface area contributed by atoms with E-state index >= 15 is 0 Å². The van der Waals surface area contributed by atoms with Crippen molar-refractivity contribution in [1.82, 2.24) is 28.7 Å². The molecule has 0 unspecified atom stereocenters. The highest BCUT2D eigenvalue weighted by molar-refractivity contribution is 5.72. The Hall–Kier alpha value is -4.15. The van der Waals surface area contributed by atoms with Gasteiger partial charge in [0.25, 0.3) is 11.2 Å². The van der Waals surface area contributed by atoms with Crippen LogP contribution in [0.25, 0.3) is 11.2 Å². The highest BCUT2D eigenvalue weighted by Crippen LogP contribution is 2.17. The van der Waals surface area contributed by atoms with Crippen LogP contribution in [0.1, 0.15) is 11.1 Å². The zero-order chi connectivity index (χ0) is 20.5. The normalized spacial score (nSPS) is 11.1. The smallest absolute Gasteiger partial charge is 0.390 e. The fourth-order valence-electron chi connectivity index (χ4n) is 3.14. The van der Waals surface area contributed by atoms with Gasteiger partial charge in [-0.1, -0.05) is 12.1 Å². The van der Waals surface area contributed by atoms with Gasteiger partial charge >= 0.3 is 11.6 Å². The van der Waals surface area contributed by atoms with Crippen LogP contribution in [-0.4, -0.2) is 33.6 Å². The minimum Gasteiger partial charge on any atom is -0.390 e. The van der Waals surface area contributed by atoms with Gasteiger partial charge in [-0.2, -0.15) is 0 Å². The molecule has 0 aliphatic rings. The van der Waals surface area contributed by atoms with E-state index in [0.717, 1.165) is 9.13 Å². The van der Waals surface area contributed by atoms with Gasteiger partial charge in [0.15, 0.2) is 0 Å². The van der Waals surface area contributed by atoms with Crippen LogP contribution in [0.5, 0.6) is 0 Å². The van der Waals surface area contributed by atoms with Gasteiger partial charge in [-0.25, -0.2) is 9.36 Å². The molecule has 0 aromatic carbocycles. The van der Waals surface area contributed by atoms with E-state index in [-0.39, 0.29) is 24.3 Å². The summed E-state index contributed by atoms with van der Waals surface area (Å²) < 4.78 is 3.37. The van der Waals surface area contributed by atoms with Crippen molar-refractivity contribution < 1.29 is 4.92 Å². The minimum absolute atomic E-state index is 0.0204. The van der Waals surface area contributed by atoms with Crippen LogP contribution < -0.4 is 11.2 Å². The molecule has 0 aliphatic heterocycles. The number of aryl methyl sites for hydroxylation is 1. The van der Waals surface area contributed by atoms with Crippen LogP contribution in [0.15, 0.2) is 58.6 Å². The van der Waals surface area contributed by atoms with Crippen LogP contribution in [0.2, 0.25) is 0 Å². The average Bonchev–Trinajstić information content (AvgIpc) is 3.07. The van der Waals surface area contributed by atoms with E-state index in [4.69, 9.17) is 0 Å². The maximum absolute atomic E-state index is 13.2. The fraction of sp³-hybridized carbons (Fsp3) is 0.167. The molecule has 11 nitrogen and oxygen atoms in total. The monoisotopic (exact) mass is 393 g/mol. The van der Waals surface area contributed by atoms with Gasteiger partial charge < -0.3 is 10.1 Å². The van der Waals surface area contributed by atoms with Crippen molar-refractivity contribution >= 4 is 17.1 Å². The Kier molecular flexibility index (Phi) is 4.47. The van der Waals surface area contributed by atoms with Crippen molar-refractivity contribution in [2.45, 2.75) is 13.1 Å². The second-order valence-electron chi connectivity index (χ2n) is 6.38. The summed E-state index contributed by atoms with van der Waals surface area (Å²) in [5, 5.41) is 11.3. The van der Waals surface area contributed by atoms with Gasteiger partial charge in [-0.15, -0.1) is 0 Å². The maximum Gasteiger partial charge on any atom is 0.437 e. The van der Waals surface area contributed by atoms with Gasteiger partial charge in [-0.05, 0) is 33.2 Å². The molecular weight excluding hydrogens is 378 g/mol. The van der Waals surface area contributed by atoms with Crippen LogP contribution >= 0.6 is 0 Å². The summed E-state index contributed by atoms with van der Waals surface area (Å²) >= 11 is 0. The van der Waals surface area contributed by atoms with E-state index < -0.39 is 22.1 Å². The Morgan fingerprint density at radius 3 is 2.10 bits per heavy atom. The summed E-state index contributed by atoms with van der Waals surface area (Å²) in [4.78, 5) is 48.8. The predicted molar refractivity (Wildman–Crippen MR) is 103 cm³/mol. The van der Waals surface area contributed by atoms with Crippen molar-refractivity contribution in [3.8, 4) is 0 Å². The SMILES string of the molecule is Cn1c([N+](=O)[O-])nc2c1c(=O)n(Cc1cccnc1)c(=O)n2Cc1cccnc1. The minimum atomic E-state index is -0.691. The van der Waals surface area contributed by atoms with Gasteiger partial charge in [0.2, 0.25) is 5.52 Å². The van der Waals surface area contributed by atoms with E-state index in [0.29, 0.717) is 11.1 Å². The average molecular weight is 393 g/mol. The lowest BCUT2D eigenvalue weighted by molar-refractivity contribution is -0.396. The first-order valence-electron chi connectivity index (χ1n) is 8.59. The number of hydrogen-bond acceptors (Lipinski definition) is 7. The standard InChI is InChI=1S/C18H15N7O4/c1-22-14-15(21-17(22)25(28)29)23(10-12-4-2-6-19-8-12)18(27)24(16(14)26)11-13-5-3-7-20-9-13/h2-9H,10-11H2,1H3. The molecule has 0 radical (unpaired) electrons. The predicted octanol–water partition coefficient (Wildman–Crippen LogP) is 0.691. The fourth-order valence-corrected chi connectivity index (χ4v) is 3.14. The zero-order valence-corrected chi connectivity index (χ0v) is 15.3. The van der Waals surface area contributed by atoms with Gasteiger partial charge in [0.1, 0.15) is 0 Å². The van der Waals surface area contributed by atoms with Gasteiger partial charge in [0.05, 0.1) is 20.1 Å². The summed E-state index contributed by atoms with van der Waals surface area (Å²) in [7, 11) is 1.38. The summed E-state index contributed by atoms with van der Waals surface area (Å²) in [6.07, 6.45) is 6.30. The van der Waals surface area contributed by atoms with Crippen molar-refractivity contribution in [2.75, 3.05) is 0 Å². The van der Waals surface area contributed by atoms with Crippen molar-refractivity contribution in [1.29, 1.82) is 0 Å². The summed E-state index contributed by atoms with van der Waals surface area (Å²) in [6.45, 7) is 0.0398. The summed E-state index contributed by atoms with van der Waals surface area (Å²) in [5.41, 5.74) is -0.00130. The number of nitro groups is 1. The number of fused-ring (bicyclic) bond motifs is 1. The highest BCUT2D eigenvalue weighted by atomic mass is 16.6. The first kappa shape index (κ1) is 18.2. The summed E-state index contributed by atoms with van der Waals surface area (Å²) in [6, 6.07) is 6.91. The molecule has 29 heavy (non-hydrogen) atoms. The number of aromatic nitrogens is 6. The second-order valence-corrected chi connectivity index (χ2v) is 6.38. The topological polar surface area (TPSA) is 131 Å². The molecule has 0 saturated carbocycles. The van der Waals surface area contributed by atoms with Crippen LogP contribution in [0.3, 0.4) is 0 Å². The van der Waals surface area contributed by atoms with Crippen LogP contribution in [-0.2, 0) is 20.1 Å². The molecule has 146 valence electrons. The van der Waals surface area contributed by atoms with E-state index in [1.165, 1.54) is 11.6 Å². The summed E-state index contributed by atoms with van der Waals surface area (Å²) in [5.74, 6) is -0.518. The van der Waals surface area contributed by atoms with E-state index in [1.54, 1.807) is 49.1 Å². The second kappa shape index (κ2) is 7.11. The third-order valence-electron chi connectivity index (χ3n) is 4.51. The zero-order valence-electron chi connectivity index (χ0n) is 15.3. The number of hydrogen-bond donors (Lipinski definition) is 0. The molecule has 4 heterocycles. The molecule has 0 fully saturated rings. The molecule has 4 aromatic rings. The first-order chi connectivity index (χ1) is 14.0. The lowest BCUT2D eigenvalue weighted by atomic mass is 10.2. The Morgan fingerprint density at radius 1 is 1.00 bits per heavy atom. The van der Waals surface area contributed by atoms with Crippen LogP contribution in [0.4, 0.5) is 5.95 Å².